The number of nitriles is 1. The number of anilines is 2. The monoisotopic (exact) mass is 383 g/mol. The van der Waals surface area contributed by atoms with Crippen molar-refractivity contribution in [3.63, 3.8) is 0 Å². The number of carbonyl (C=O) groups excluding carboxylic acids is 1. The number of para-hydroxylation sites is 2. The first-order chi connectivity index (χ1) is 14.2. The number of amides is 2. The molecule has 0 atom stereocenters. The molecule has 0 aromatic heterocycles. The number of carbonyl (C=O) groups is 1. The number of nitrogens with zero attached hydrogens (tertiary/aromatic N) is 3. The minimum Gasteiger partial charge on any atom is -0.320 e. The fraction of sp³-hybridized carbons (Fsp3) is 0.200. The van der Waals surface area contributed by atoms with Crippen molar-refractivity contribution in [1.82, 2.24) is 4.90 Å². The first kappa shape index (κ1) is 20.2. The van der Waals surface area contributed by atoms with Crippen LogP contribution in [-0.4, -0.2) is 17.5 Å². The van der Waals surface area contributed by atoms with E-state index in [4.69, 9.17) is 0 Å². The maximum atomic E-state index is 13.8. The van der Waals surface area contributed by atoms with Crippen LogP contribution in [-0.2, 0) is 6.54 Å². The Labute approximate surface area is 172 Å². The second-order valence-corrected chi connectivity index (χ2v) is 6.84. The molecule has 146 valence electrons. The maximum absolute atomic E-state index is 13.8. The Morgan fingerprint density at radius 1 is 0.897 bits per heavy atom. The predicted molar refractivity (Wildman–Crippen MR) is 117 cm³/mol. The van der Waals surface area contributed by atoms with Crippen LogP contribution in [0.15, 0.2) is 84.9 Å². The van der Waals surface area contributed by atoms with Crippen molar-refractivity contribution in [2.24, 2.45) is 0 Å². The average Bonchev–Trinajstić information content (AvgIpc) is 2.78. The third kappa shape index (κ3) is 5.03. The Morgan fingerprint density at radius 3 is 2.17 bits per heavy atom. The fourth-order valence-corrected chi connectivity index (χ4v) is 3.23. The highest BCUT2D eigenvalue weighted by molar-refractivity contribution is 6.00. The van der Waals surface area contributed by atoms with Gasteiger partial charge in [-0.05, 0) is 36.2 Å². The maximum Gasteiger partial charge on any atom is 0.329 e. The molecule has 3 aromatic rings. The molecule has 2 amide bonds. The largest absolute Gasteiger partial charge is 0.329 e. The summed E-state index contributed by atoms with van der Waals surface area (Å²) in [7, 11) is 0. The summed E-state index contributed by atoms with van der Waals surface area (Å²) >= 11 is 0. The zero-order valence-electron chi connectivity index (χ0n) is 16.7. The van der Waals surface area contributed by atoms with E-state index in [0.717, 1.165) is 24.1 Å². The topological polar surface area (TPSA) is 47.3 Å². The van der Waals surface area contributed by atoms with Crippen molar-refractivity contribution in [3.8, 4) is 6.07 Å². The number of urea groups is 1. The van der Waals surface area contributed by atoms with Crippen molar-refractivity contribution < 1.29 is 4.79 Å². The standard InChI is InChI=1S/C25H25N3O/c1-2-3-18-27(20-21-12-6-4-7-13-21)25(29)28(23-15-8-5-9-16-23)24-17-11-10-14-22(24)19-26/h4-17H,2-3,18,20H2,1H3. The highest BCUT2D eigenvalue weighted by Crippen LogP contribution is 2.30. The van der Waals surface area contributed by atoms with Crippen molar-refractivity contribution in [3.05, 3.63) is 96.1 Å². The van der Waals surface area contributed by atoms with Gasteiger partial charge in [-0.3, -0.25) is 4.90 Å². The highest BCUT2D eigenvalue weighted by atomic mass is 16.2. The van der Waals surface area contributed by atoms with Gasteiger partial charge in [0.05, 0.1) is 16.9 Å². The lowest BCUT2D eigenvalue weighted by Crippen LogP contribution is -2.41. The zero-order chi connectivity index (χ0) is 20.5. The van der Waals surface area contributed by atoms with E-state index in [1.165, 1.54) is 0 Å². The Morgan fingerprint density at radius 2 is 1.52 bits per heavy atom. The van der Waals surface area contributed by atoms with E-state index in [1.807, 2.05) is 83.8 Å². The molecule has 4 nitrogen and oxygen atoms in total. The molecule has 0 saturated heterocycles. The predicted octanol–water partition coefficient (Wildman–Crippen LogP) is 6.12. The van der Waals surface area contributed by atoms with Gasteiger partial charge >= 0.3 is 6.03 Å². The van der Waals surface area contributed by atoms with Gasteiger partial charge in [0.1, 0.15) is 6.07 Å². The lowest BCUT2D eigenvalue weighted by Gasteiger charge is -2.31. The average molecular weight is 383 g/mol. The molecule has 0 saturated carbocycles. The van der Waals surface area contributed by atoms with Crippen LogP contribution in [0.3, 0.4) is 0 Å². The van der Waals surface area contributed by atoms with Crippen molar-refractivity contribution in [2.75, 3.05) is 11.4 Å². The summed E-state index contributed by atoms with van der Waals surface area (Å²) in [6.45, 7) is 3.30. The number of hydrogen-bond acceptors (Lipinski definition) is 2. The molecule has 29 heavy (non-hydrogen) atoms. The van der Waals surface area contributed by atoms with Gasteiger partial charge < -0.3 is 4.90 Å². The number of rotatable bonds is 7. The molecule has 3 aromatic carbocycles. The van der Waals surface area contributed by atoms with Gasteiger partial charge in [0.2, 0.25) is 0 Å². The van der Waals surface area contributed by atoms with Crippen LogP contribution < -0.4 is 4.90 Å². The quantitative estimate of drug-likeness (QED) is 0.493. The third-order valence-corrected chi connectivity index (χ3v) is 4.74. The Bertz CT molecular complexity index is 964. The summed E-state index contributed by atoms with van der Waals surface area (Å²) in [6.07, 6.45) is 1.92. The molecule has 0 bridgehead atoms. The van der Waals surface area contributed by atoms with Crippen molar-refractivity contribution in [1.29, 1.82) is 5.26 Å². The minimum absolute atomic E-state index is 0.129. The second-order valence-electron chi connectivity index (χ2n) is 6.84. The summed E-state index contributed by atoms with van der Waals surface area (Å²) in [4.78, 5) is 17.3. The number of hydrogen-bond donors (Lipinski definition) is 0. The SMILES string of the molecule is CCCCN(Cc1ccccc1)C(=O)N(c1ccccc1)c1ccccc1C#N. The smallest absolute Gasteiger partial charge is 0.320 e. The molecule has 0 heterocycles. The van der Waals surface area contributed by atoms with E-state index in [-0.39, 0.29) is 6.03 Å². The van der Waals surface area contributed by atoms with E-state index in [9.17, 15) is 10.1 Å². The summed E-state index contributed by atoms with van der Waals surface area (Å²) in [5, 5.41) is 9.61. The van der Waals surface area contributed by atoms with E-state index in [1.54, 1.807) is 11.0 Å². The minimum atomic E-state index is -0.129. The van der Waals surface area contributed by atoms with E-state index in [0.29, 0.717) is 24.3 Å². The van der Waals surface area contributed by atoms with Gasteiger partial charge in [-0.1, -0.05) is 74.0 Å². The van der Waals surface area contributed by atoms with Crippen LogP contribution in [0.25, 0.3) is 0 Å². The van der Waals surface area contributed by atoms with E-state index < -0.39 is 0 Å². The van der Waals surface area contributed by atoms with Crippen LogP contribution >= 0.6 is 0 Å². The summed E-state index contributed by atoms with van der Waals surface area (Å²) < 4.78 is 0. The number of unbranched alkanes of at least 4 members (excludes halogenated alkanes) is 1. The highest BCUT2D eigenvalue weighted by Gasteiger charge is 2.25. The molecule has 0 unspecified atom stereocenters. The fourth-order valence-electron chi connectivity index (χ4n) is 3.23. The molecule has 0 aliphatic heterocycles. The molecule has 4 heteroatoms. The van der Waals surface area contributed by atoms with Gasteiger partial charge in [0.15, 0.2) is 0 Å². The normalized spacial score (nSPS) is 10.2. The van der Waals surface area contributed by atoms with Gasteiger partial charge in [-0.15, -0.1) is 0 Å². The van der Waals surface area contributed by atoms with Crippen LogP contribution in [0.4, 0.5) is 16.2 Å². The van der Waals surface area contributed by atoms with Gasteiger partial charge in [0.25, 0.3) is 0 Å². The van der Waals surface area contributed by atoms with Crippen molar-refractivity contribution in [2.45, 2.75) is 26.3 Å². The first-order valence-electron chi connectivity index (χ1n) is 9.91. The van der Waals surface area contributed by atoms with E-state index in [2.05, 4.69) is 13.0 Å². The third-order valence-electron chi connectivity index (χ3n) is 4.74. The molecular weight excluding hydrogens is 358 g/mol. The second kappa shape index (κ2) is 10.1. The van der Waals surface area contributed by atoms with Gasteiger partial charge in [-0.2, -0.15) is 5.26 Å². The summed E-state index contributed by atoms with van der Waals surface area (Å²) in [5.74, 6) is 0. The first-order valence-corrected chi connectivity index (χ1v) is 9.91. The molecule has 0 N–H and O–H groups in total. The van der Waals surface area contributed by atoms with Crippen LogP contribution in [0.1, 0.15) is 30.9 Å². The molecule has 0 spiro atoms. The van der Waals surface area contributed by atoms with Gasteiger partial charge in [-0.25, -0.2) is 4.79 Å². The van der Waals surface area contributed by atoms with Crippen LogP contribution in [0.5, 0.6) is 0 Å². The lowest BCUT2D eigenvalue weighted by atomic mass is 10.1. The van der Waals surface area contributed by atoms with Crippen LogP contribution in [0.2, 0.25) is 0 Å². The lowest BCUT2D eigenvalue weighted by molar-refractivity contribution is 0.203. The number of benzene rings is 3. The summed E-state index contributed by atoms with van der Waals surface area (Å²) in [6, 6.07) is 28.8. The van der Waals surface area contributed by atoms with Crippen LogP contribution in [0, 0.1) is 11.3 Å². The molecule has 0 radical (unpaired) electrons. The molecule has 0 aliphatic carbocycles. The Hall–Kier alpha value is -3.58. The molecular formula is C25H25N3O. The molecule has 0 fully saturated rings. The van der Waals surface area contributed by atoms with E-state index >= 15 is 0 Å². The Kier molecular flexibility index (Phi) is 7.02. The van der Waals surface area contributed by atoms with Gasteiger partial charge in [0, 0.05) is 13.1 Å². The zero-order valence-corrected chi connectivity index (χ0v) is 16.7. The van der Waals surface area contributed by atoms with Crippen molar-refractivity contribution >= 4 is 17.4 Å². The Balaban J connectivity index is 2.02. The molecule has 3 rings (SSSR count). The summed E-state index contributed by atoms with van der Waals surface area (Å²) in [5.41, 5.74) is 2.90. The molecule has 0 aliphatic rings.